The predicted octanol–water partition coefficient (Wildman–Crippen LogP) is 2.95. The Balaban J connectivity index is 1.82. The fourth-order valence-electron chi connectivity index (χ4n) is 2.48. The SMILES string of the molecule is CCC1(C)CC1NC1CCC1(C)C. The van der Waals surface area contributed by atoms with Gasteiger partial charge in [-0.2, -0.15) is 0 Å². The lowest BCUT2D eigenvalue weighted by Gasteiger charge is -2.45. The zero-order valence-electron chi connectivity index (χ0n) is 9.48. The van der Waals surface area contributed by atoms with E-state index in [9.17, 15) is 0 Å². The van der Waals surface area contributed by atoms with Crippen LogP contribution in [0.15, 0.2) is 0 Å². The standard InChI is InChI=1S/C12H23N/c1-5-12(4)8-10(12)13-9-6-7-11(9,2)3/h9-10,13H,5-8H2,1-4H3. The number of hydrogen-bond donors (Lipinski definition) is 1. The van der Waals surface area contributed by atoms with E-state index < -0.39 is 0 Å². The van der Waals surface area contributed by atoms with Crippen LogP contribution in [-0.2, 0) is 0 Å². The van der Waals surface area contributed by atoms with Crippen molar-refractivity contribution in [3.63, 3.8) is 0 Å². The molecule has 0 spiro atoms. The molecule has 0 amide bonds. The molecule has 0 bridgehead atoms. The molecule has 2 aliphatic carbocycles. The van der Waals surface area contributed by atoms with Crippen LogP contribution in [0.2, 0.25) is 0 Å². The topological polar surface area (TPSA) is 12.0 Å². The highest BCUT2D eigenvalue weighted by atomic mass is 15.1. The number of nitrogens with one attached hydrogen (secondary N) is 1. The van der Waals surface area contributed by atoms with Crippen LogP contribution in [0.4, 0.5) is 0 Å². The first-order chi connectivity index (χ1) is 5.98. The summed E-state index contributed by atoms with van der Waals surface area (Å²) in [5.41, 5.74) is 1.20. The maximum Gasteiger partial charge on any atom is 0.0130 e. The predicted molar refractivity (Wildman–Crippen MR) is 56.7 cm³/mol. The van der Waals surface area contributed by atoms with Gasteiger partial charge in [0, 0.05) is 12.1 Å². The van der Waals surface area contributed by atoms with Crippen LogP contribution in [0.1, 0.15) is 53.4 Å². The van der Waals surface area contributed by atoms with Crippen molar-refractivity contribution in [2.24, 2.45) is 10.8 Å². The Morgan fingerprint density at radius 2 is 1.92 bits per heavy atom. The van der Waals surface area contributed by atoms with Gasteiger partial charge < -0.3 is 5.32 Å². The molecular formula is C12H23N. The van der Waals surface area contributed by atoms with Crippen LogP contribution in [0.3, 0.4) is 0 Å². The Kier molecular flexibility index (Phi) is 1.99. The Hall–Kier alpha value is -0.0400. The van der Waals surface area contributed by atoms with Gasteiger partial charge in [0.1, 0.15) is 0 Å². The molecule has 76 valence electrons. The third-order valence-corrected chi connectivity index (χ3v) is 4.58. The van der Waals surface area contributed by atoms with Gasteiger partial charge in [-0.3, -0.25) is 0 Å². The quantitative estimate of drug-likeness (QED) is 0.706. The van der Waals surface area contributed by atoms with E-state index in [0.29, 0.717) is 10.8 Å². The molecule has 2 fully saturated rings. The first-order valence-corrected chi connectivity index (χ1v) is 5.74. The first kappa shape index (κ1) is 9.51. The summed E-state index contributed by atoms with van der Waals surface area (Å²) in [6.45, 7) is 9.50. The highest BCUT2D eigenvalue weighted by Gasteiger charge is 2.51. The first-order valence-electron chi connectivity index (χ1n) is 5.74. The van der Waals surface area contributed by atoms with Crippen molar-refractivity contribution in [3.8, 4) is 0 Å². The van der Waals surface area contributed by atoms with Gasteiger partial charge >= 0.3 is 0 Å². The minimum atomic E-state index is 0.567. The lowest BCUT2D eigenvalue weighted by atomic mass is 9.67. The fourth-order valence-corrected chi connectivity index (χ4v) is 2.48. The summed E-state index contributed by atoms with van der Waals surface area (Å²) < 4.78 is 0. The van der Waals surface area contributed by atoms with Crippen LogP contribution < -0.4 is 5.32 Å². The molecule has 2 rings (SSSR count). The van der Waals surface area contributed by atoms with Crippen molar-refractivity contribution in [3.05, 3.63) is 0 Å². The average Bonchev–Trinajstić information content (AvgIpc) is 2.73. The second kappa shape index (κ2) is 2.73. The van der Waals surface area contributed by atoms with Gasteiger partial charge in [-0.15, -0.1) is 0 Å². The van der Waals surface area contributed by atoms with Crippen LogP contribution in [-0.4, -0.2) is 12.1 Å². The molecular weight excluding hydrogens is 158 g/mol. The van der Waals surface area contributed by atoms with Gasteiger partial charge in [0.05, 0.1) is 0 Å². The van der Waals surface area contributed by atoms with E-state index in [2.05, 4.69) is 33.0 Å². The van der Waals surface area contributed by atoms with Crippen molar-refractivity contribution in [1.82, 2.24) is 5.32 Å². The molecule has 0 aliphatic heterocycles. The Morgan fingerprint density at radius 3 is 2.23 bits per heavy atom. The summed E-state index contributed by atoms with van der Waals surface area (Å²) in [4.78, 5) is 0. The van der Waals surface area contributed by atoms with Crippen LogP contribution >= 0.6 is 0 Å². The summed E-state index contributed by atoms with van der Waals surface area (Å²) >= 11 is 0. The minimum Gasteiger partial charge on any atom is -0.310 e. The third kappa shape index (κ3) is 1.52. The van der Waals surface area contributed by atoms with Gasteiger partial charge in [0.15, 0.2) is 0 Å². The molecule has 3 atom stereocenters. The average molecular weight is 181 g/mol. The highest BCUT2D eigenvalue weighted by molar-refractivity contribution is 5.08. The summed E-state index contributed by atoms with van der Waals surface area (Å²) in [6, 6.07) is 1.62. The lowest BCUT2D eigenvalue weighted by molar-refractivity contribution is 0.104. The largest absolute Gasteiger partial charge is 0.310 e. The van der Waals surface area contributed by atoms with Crippen LogP contribution in [0, 0.1) is 10.8 Å². The van der Waals surface area contributed by atoms with Gasteiger partial charge in [0.25, 0.3) is 0 Å². The zero-order valence-corrected chi connectivity index (χ0v) is 9.48. The van der Waals surface area contributed by atoms with E-state index >= 15 is 0 Å². The van der Waals surface area contributed by atoms with Crippen LogP contribution in [0.25, 0.3) is 0 Å². The van der Waals surface area contributed by atoms with Crippen LogP contribution in [0.5, 0.6) is 0 Å². The molecule has 1 N–H and O–H groups in total. The minimum absolute atomic E-state index is 0.567. The van der Waals surface area contributed by atoms with Crippen molar-refractivity contribution in [2.75, 3.05) is 0 Å². The van der Waals surface area contributed by atoms with Crippen molar-refractivity contribution >= 4 is 0 Å². The summed E-state index contributed by atoms with van der Waals surface area (Å²) in [5.74, 6) is 0. The zero-order chi connectivity index (χ0) is 9.69. The van der Waals surface area contributed by atoms with Crippen molar-refractivity contribution in [2.45, 2.75) is 65.5 Å². The third-order valence-electron chi connectivity index (χ3n) is 4.58. The molecule has 1 heteroatoms. The molecule has 0 aromatic rings. The van der Waals surface area contributed by atoms with E-state index in [1.807, 2.05) is 0 Å². The van der Waals surface area contributed by atoms with E-state index in [4.69, 9.17) is 0 Å². The molecule has 0 aromatic carbocycles. The van der Waals surface area contributed by atoms with Crippen molar-refractivity contribution in [1.29, 1.82) is 0 Å². The lowest BCUT2D eigenvalue weighted by Crippen LogP contribution is -2.51. The molecule has 2 aliphatic rings. The molecule has 3 unspecified atom stereocenters. The van der Waals surface area contributed by atoms with E-state index in [1.165, 1.54) is 25.7 Å². The number of hydrogen-bond acceptors (Lipinski definition) is 1. The highest BCUT2D eigenvalue weighted by Crippen LogP contribution is 2.51. The van der Waals surface area contributed by atoms with Gasteiger partial charge in [-0.25, -0.2) is 0 Å². The second-order valence-electron chi connectivity index (χ2n) is 6.01. The smallest absolute Gasteiger partial charge is 0.0130 e. The second-order valence-corrected chi connectivity index (χ2v) is 6.01. The molecule has 0 radical (unpaired) electrons. The molecule has 13 heavy (non-hydrogen) atoms. The van der Waals surface area contributed by atoms with Gasteiger partial charge in [-0.05, 0) is 36.5 Å². The Morgan fingerprint density at radius 1 is 1.23 bits per heavy atom. The maximum absolute atomic E-state index is 3.82. The maximum atomic E-state index is 3.82. The van der Waals surface area contributed by atoms with Crippen molar-refractivity contribution < 1.29 is 0 Å². The molecule has 2 saturated carbocycles. The summed E-state index contributed by atoms with van der Waals surface area (Å²) in [7, 11) is 0. The Labute approximate surface area is 82.3 Å². The normalized spacial score (nSPS) is 47.1. The van der Waals surface area contributed by atoms with E-state index in [0.717, 1.165) is 12.1 Å². The Bertz CT molecular complexity index is 209. The summed E-state index contributed by atoms with van der Waals surface area (Å²) in [5, 5.41) is 3.82. The fraction of sp³-hybridized carbons (Fsp3) is 1.00. The van der Waals surface area contributed by atoms with Gasteiger partial charge in [0.2, 0.25) is 0 Å². The molecule has 0 aromatic heterocycles. The number of rotatable bonds is 3. The van der Waals surface area contributed by atoms with E-state index in [1.54, 1.807) is 0 Å². The molecule has 0 heterocycles. The van der Waals surface area contributed by atoms with Gasteiger partial charge in [-0.1, -0.05) is 27.7 Å². The molecule has 0 saturated heterocycles. The summed E-state index contributed by atoms with van der Waals surface area (Å²) in [6.07, 6.45) is 5.53. The van der Waals surface area contributed by atoms with E-state index in [-0.39, 0.29) is 0 Å². The monoisotopic (exact) mass is 181 g/mol. The molecule has 1 nitrogen and oxygen atoms in total.